The summed E-state index contributed by atoms with van der Waals surface area (Å²) in [6.45, 7) is 9.17. The van der Waals surface area contributed by atoms with Crippen LogP contribution in [0.15, 0.2) is 48.8 Å². The van der Waals surface area contributed by atoms with Gasteiger partial charge in [0.15, 0.2) is 0 Å². The molecule has 0 spiro atoms. The average molecular weight is 382 g/mol. The van der Waals surface area contributed by atoms with Crippen molar-refractivity contribution in [3.8, 4) is 5.75 Å². The molecule has 5 heteroatoms. The van der Waals surface area contributed by atoms with Gasteiger partial charge in [-0.1, -0.05) is 24.3 Å². The summed E-state index contributed by atoms with van der Waals surface area (Å²) in [5.41, 5.74) is 2.28. The number of para-hydroxylation sites is 1. The van der Waals surface area contributed by atoms with E-state index in [1.807, 2.05) is 35.4 Å². The molecule has 0 N–H and O–H groups in total. The summed E-state index contributed by atoms with van der Waals surface area (Å²) in [6.07, 6.45) is 5.90. The molecule has 1 fully saturated rings. The summed E-state index contributed by atoms with van der Waals surface area (Å²) in [5.74, 6) is 1.08. The SMILES string of the molecule is CC(=O)N(Cc1cccnc1)C1CCCN(Cc2ccccc2OC(C)C)C1. The van der Waals surface area contributed by atoms with E-state index in [0.29, 0.717) is 6.54 Å². The van der Waals surface area contributed by atoms with Gasteiger partial charge in [0.05, 0.1) is 6.10 Å². The summed E-state index contributed by atoms with van der Waals surface area (Å²) in [6, 6.07) is 12.4. The van der Waals surface area contributed by atoms with Crippen LogP contribution >= 0.6 is 0 Å². The standard InChI is InChI=1S/C23H31N3O2/c1-18(2)28-23-11-5-4-9-21(23)16-25-13-7-10-22(17-25)26(19(3)27)15-20-8-6-12-24-14-20/h4-6,8-9,11-12,14,18,22H,7,10,13,15-17H2,1-3H3. The summed E-state index contributed by atoms with van der Waals surface area (Å²) in [7, 11) is 0. The van der Waals surface area contributed by atoms with E-state index < -0.39 is 0 Å². The van der Waals surface area contributed by atoms with Crippen LogP contribution in [0.25, 0.3) is 0 Å². The minimum Gasteiger partial charge on any atom is -0.491 e. The number of carbonyl (C=O) groups is 1. The molecular formula is C23H31N3O2. The highest BCUT2D eigenvalue weighted by Crippen LogP contribution is 2.25. The molecule has 1 unspecified atom stereocenters. The maximum absolute atomic E-state index is 12.4. The lowest BCUT2D eigenvalue weighted by molar-refractivity contribution is -0.133. The number of carbonyl (C=O) groups excluding carboxylic acids is 1. The fraction of sp³-hybridized carbons (Fsp3) is 0.478. The Morgan fingerprint density at radius 2 is 2.11 bits per heavy atom. The Balaban J connectivity index is 1.68. The number of rotatable bonds is 7. The molecule has 1 aliphatic heterocycles. The number of pyridine rings is 1. The van der Waals surface area contributed by atoms with Gasteiger partial charge < -0.3 is 9.64 Å². The first-order valence-electron chi connectivity index (χ1n) is 10.2. The molecule has 3 rings (SSSR count). The molecule has 2 aromatic rings. The molecule has 0 aliphatic carbocycles. The molecule has 1 amide bonds. The average Bonchev–Trinajstić information content (AvgIpc) is 2.68. The van der Waals surface area contributed by atoms with Crippen LogP contribution in [0.1, 0.15) is 44.7 Å². The highest BCUT2D eigenvalue weighted by Gasteiger charge is 2.27. The van der Waals surface area contributed by atoms with Crippen molar-refractivity contribution in [2.75, 3.05) is 13.1 Å². The molecular weight excluding hydrogens is 350 g/mol. The number of hydrogen-bond acceptors (Lipinski definition) is 4. The van der Waals surface area contributed by atoms with E-state index in [0.717, 1.165) is 43.8 Å². The third-order valence-electron chi connectivity index (χ3n) is 5.13. The number of likely N-dealkylation sites (tertiary alicyclic amines) is 1. The van der Waals surface area contributed by atoms with E-state index >= 15 is 0 Å². The molecule has 0 radical (unpaired) electrons. The number of benzene rings is 1. The lowest BCUT2D eigenvalue weighted by Gasteiger charge is -2.39. The summed E-state index contributed by atoms with van der Waals surface area (Å²) >= 11 is 0. The van der Waals surface area contributed by atoms with Crippen molar-refractivity contribution in [2.45, 2.75) is 58.8 Å². The van der Waals surface area contributed by atoms with E-state index in [2.05, 4.69) is 35.9 Å². The summed E-state index contributed by atoms with van der Waals surface area (Å²) < 4.78 is 5.98. The molecule has 1 aromatic carbocycles. The third kappa shape index (κ3) is 5.55. The number of piperidine rings is 1. The van der Waals surface area contributed by atoms with E-state index in [-0.39, 0.29) is 18.1 Å². The number of ether oxygens (including phenoxy) is 1. The second-order valence-electron chi connectivity index (χ2n) is 7.81. The van der Waals surface area contributed by atoms with Gasteiger partial charge in [0.25, 0.3) is 0 Å². The van der Waals surface area contributed by atoms with Crippen LogP contribution in [0.2, 0.25) is 0 Å². The van der Waals surface area contributed by atoms with Crippen LogP contribution in [0, 0.1) is 0 Å². The van der Waals surface area contributed by atoms with Crippen LogP contribution in [0.4, 0.5) is 0 Å². The Kier molecular flexibility index (Phi) is 7.04. The highest BCUT2D eigenvalue weighted by atomic mass is 16.5. The Hall–Kier alpha value is -2.40. The van der Waals surface area contributed by atoms with E-state index in [1.54, 1.807) is 13.1 Å². The Bertz CT molecular complexity index is 763. The van der Waals surface area contributed by atoms with Gasteiger partial charge >= 0.3 is 0 Å². The number of nitrogens with zero attached hydrogens (tertiary/aromatic N) is 3. The van der Waals surface area contributed by atoms with Crippen molar-refractivity contribution < 1.29 is 9.53 Å². The van der Waals surface area contributed by atoms with Gasteiger partial charge in [-0.25, -0.2) is 0 Å². The maximum atomic E-state index is 12.4. The maximum Gasteiger partial charge on any atom is 0.220 e. The Labute approximate surface area is 168 Å². The third-order valence-corrected chi connectivity index (χ3v) is 5.13. The van der Waals surface area contributed by atoms with Gasteiger partial charge in [-0.15, -0.1) is 0 Å². The first kappa shape index (κ1) is 20.3. The fourth-order valence-electron chi connectivity index (χ4n) is 3.86. The zero-order valence-electron chi connectivity index (χ0n) is 17.2. The topological polar surface area (TPSA) is 45.7 Å². The zero-order chi connectivity index (χ0) is 19.9. The summed E-state index contributed by atoms with van der Waals surface area (Å²) in [5, 5.41) is 0. The largest absolute Gasteiger partial charge is 0.491 e. The Morgan fingerprint density at radius 3 is 2.82 bits per heavy atom. The molecule has 1 aliphatic rings. The van der Waals surface area contributed by atoms with Crippen LogP contribution in [-0.2, 0) is 17.9 Å². The van der Waals surface area contributed by atoms with Crippen molar-refractivity contribution in [2.24, 2.45) is 0 Å². The van der Waals surface area contributed by atoms with Crippen molar-refractivity contribution in [3.63, 3.8) is 0 Å². The van der Waals surface area contributed by atoms with Gasteiger partial charge in [-0.3, -0.25) is 14.7 Å². The van der Waals surface area contributed by atoms with Gasteiger partial charge in [-0.2, -0.15) is 0 Å². The van der Waals surface area contributed by atoms with E-state index in [1.165, 1.54) is 5.56 Å². The van der Waals surface area contributed by atoms with Crippen LogP contribution in [0.3, 0.4) is 0 Å². The first-order valence-corrected chi connectivity index (χ1v) is 10.2. The minimum absolute atomic E-state index is 0.124. The van der Waals surface area contributed by atoms with Gasteiger partial charge in [0.1, 0.15) is 5.75 Å². The van der Waals surface area contributed by atoms with Crippen molar-refractivity contribution >= 4 is 5.91 Å². The van der Waals surface area contributed by atoms with Crippen molar-refractivity contribution in [1.29, 1.82) is 0 Å². The van der Waals surface area contributed by atoms with Crippen LogP contribution in [0.5, 0.6) is 5.75 Å². The van der Waals surface area contributed by atoms with Crippen molar-refractivity contribution in [1.82, 2.24) is 14.8 Å². The number of amides is 1. The highest BCUT2D eigenvalue weighted by molar-refractivity contribution is 5.73. The predicted molar refractivity (Wildman–Crippen MR) is 111 cm³/mol. The first-order chi connectivity index (χ1) is 13.5. The minimum atomic E-state index is 0.124. The van der Waals surface area contributed by atoms with E-state index in [9.17, 15) is 4.79 Å². The molecule has 1 aromatic heterocycles. The molecule has 1 saturated heterocycles. The lowest BCUT2D eigenvalue weighted by Crippen LogP contribution is -2.49. The molecule has 2 heterocycles. The molecule has 0 saturated carbocycles. The molecule has 5 nitrogen and oxygen atoms in total. The smallest absolute Gasteiger partial charge is 0.220 e. The molecule has 0 bridgehead atoms. The van der Waals surface area contributed by atoms with Crippen molar-refractivity contribution in [3.05, 3.63) is 59.9 Å². The lowest BCUT2D eigenvalue weighted by atomic mass is 10.0. The molecule has 150 valence electrons. The van der Waals surface area contributed by atoms with Gasteiger partial charge in [0, 0.05) is 50.6 Å². The van der Waals surface area contributed by atoms with Gasteiger partial charge in [0.2, 0.25) is 5.91 Å². The predicted octanol–water partition coefficient (Wildman–Crippen LogP) is 3.88. The monoisotopic (exact) mass is 381 g/mol. The summed E-state index contributed by atoms with van der Waals surface area (Å²) in [4.78, 5) is 21.0. The normalized spacial score (nSPS) is 17.5. The van der Waals surface area contributed by atoms with Crippen LogP contribution < -0.4 is 4.74 Å². The van der Waals surface area contributed by atoms with Crippen LogP contribution in [-0.4, -0.2) is 45.9 Å². The van der Waals surface area contributed by atoms with E-state index in [4.69, 9.17) is 4.74 Å². The fourth-order valence-corrected chi connectivity index (χ4v) is 3.86. The molecule has 1 atom stereocenters. The molecule has 28 heavy (non-hydrogen) atoms. The Morgan fingerprint density at radius 1 is 1.29 bits per heavy atom. The zero-order valence-corrected chi connectivity index (χ0v) is 17.2. The second kappa shape index (κ2) is 9.69. The van der Waals surface area contributed by atoms with Gasteiger partial charge in [-0.05, 0) is 50.9 Å². The second-order valence-corrected chi connectivity index (χ2v) is 7.81. The quantitative estimate of drug-likeness (QED) is 0.730. The number of aromatic nitrogens is 1. The number of hydrogen-bond donors (Lipinski definition) is 0.